The van der Waals surface area contributed by atoms with Crippen LogP contribution in [0.25, 0.3) is 0 Å². The van der Waals surface area contributed by atoms with E-state index in [0.29, 0.717) is 13.2 Å². The van der Waals surface area contributed by atoms with Gasteiger partial charge in [0.1, 0.15) is 0 Å². The maximum Gasteiger partial charge on any atom is 0.0700 e. The summed E-state index contributed by atoms with van der Waals surface area (Å²) in [5.74, 6) is 0.807. The summed E-state index contributed by atoms with van der Waals surface area (Å²) in [4.78, 5) is 0. The number of rotatable bonds is 14. The van der Waals surface area contributed by atoms with Crippen molar-refractivity contribution in [2.24, 2.45) is 5.92 Å². The van der Waals surface area contributed by atoms with Crippen molar-refractivity contribution in [3.8, 4) is 0 Å². The van der Waals surface area contributed by atoms with Gasteiger partial charge in [-0.3, -0.25) is 0 Å². The molecule has 0 aliphatic carbocycles. The highest BCUT2D eigenvalue weighted by Gasteiger charge is 1.94. The fourth-order valence-electron chi connectivity index (χ4n) is 1.51. The Morgan fingerprint density at radius 3 is 2.22 bits per heavy atom. The Bertz CT molecular complexity index is 154. The third kappa shape index (κ3) is 15.8. The lowest BCUT2D eigenvalue weighted by Gasteiger charge is -2.07. The Hall–Kier alpha value is -0.160. The van der Waals surface area contributed by atoms with Crippen LogP contribution in [0, 0.1) is 5.92 Å². The van der Waals surface area contributed by atoms with E-state index in [2.05, 4.69) is 19.2 Å². The van der Waals surface area contributed by atoms with Gasteiger partial charge in [-0.25, -0.2) is 0 Å². The number of methoxy groups -OCH3 is 1. The fourth-order valence-corrected chi connectivity index (χ4v) is 1.51. The molecule has 0 aromatic carbocycles. The normalized spacial score (nSPS) is 11.3. The van der Waals surface area contributed by atoms with Gasteiger partial charge in [-0.1, -0.05) is 13.8 Å². The predicted molar refractivity (Wildman–Crippen MR) is 75.1 cm³/mol. The maximum atomic E-state index is 5.49. The maximum absolute atomic E-state index is 5.49. The highest BCUT2D eigenvalue weighted by Crippen LogP contribution is 2.01. The van der Waals surface area contributed by atoms with Crippen molar-refractivity contribution in [2.75, 3.05) is 53.2 Å². The van der Waals surface area contributed by atoms with Crippen LogP contribution in [0.15, 0.2) is 0 Å². The zero-order valence-corrected chi connectivity index (χ0v) is 12.4. The molecule has 0 aliphatic heterocycles. The summed E-state index contributed by atoms with van der Waals surface area (Å²) in [6.07, 6.45) is 3.51. The first-order chi connectivity index (χ1) is 8.77. The molecular formula is C14H31NO3. The molecule has 0 rings (SSSR count). The van der Waals surface area contributed by atoms with Gasteiger partial charge in [-0.2, -0.15) is 0 Å². The van der Waals surface area contributed by atoms with Gasteiger partial charge in [-0.05, 0) is 31.7 Å². The van der Waals surface area contributed by atoms with Gasteiger partial charge in [0.15, 0.2) is 0 Å². The molecule has 0 aliphatic rings. The highest BCUT2D eigenvalue weighted by molar-refractivity contribution is 4.50. The Balaban J connectivity index is 2.90. The van der Waals surface area contributed by atoms with Crippen molar-refractivity contribution in [3.63, 3.8) is 0 Å². The highest BCUT2D eigenvalue weighted by atomic mass is 16.5. The van der Waals surface area contributed by atoms with Crippen LogP contribution < -0.4 is 5.32 Å². The van der Waals surface area contributed by atoms with Crippen LogP contribution in [0.4, 0.5) is 0 Å². The average Bonchev–Trinajstić information content (AvgIpc) is 2.34. The Morgan fingerprint density at radius 2 is 1.56 bits per heavy atom. The molecule has 0 aromatic heterocycles. The van der Waals surface area contributed by atoms with Gasteiger partial charge in [0.25, 0.3) is 0 Å². The van der Waals surface area contributed by atoms with Crippen LogP contribution in [0.3, 0.4) is 0 Å². The van der Waals surface area contributed by atoms with Crippen LogP contribution in [0.1, 0.15) is 33.1 Å². The molecule has 4 nitrogen and oxygen atoms in total. The minimum atomic E-state index is 0.668. The summed E-state index contributed by atoms with van der Waals surface area (Å²) in [6.45, 7) is 10.2. The van der Waals surface area contributed by atoms with E-state index in [0.717, 1.165) is 45.2 Å². The van der Waals surface area contributed by atoms with Crippen molar-refractivity contribution in [1.82, 2.24) is 5.32 Å². The van der Waals surface area contributed by atoms with Crippen molar-refractivity contribution in [2.45, 2.75) is 33.1 Å². The molecular weight excluding hydrogens is 230 g/mol. The molecule has 0 saturated carbocycles. The molecule has 18 heavy (non-hydrogen) atoms. The topological polar surface area (TPSA) is 39.7 Å². The van der Waals surface area contributed by atoms with Crippen LogP contribution in [-0.2, 0) is 14.2 Å². The van der Waals surface area contributed by atoms with Crippen LogP contribution in [0.5, 0.6) is 0 Å². The largest absolute Gasteiger partial charge is 0.382 e. The summed E-state index contributed by atoms with van der Waals surface area (Å²) in [5.41, 5.74) is 0. The second-order valence-electron chi connectivity index (χ2n) is 4.86. The Labute approximate surface area is 112 Å². The third-order valence-electron chi connectivity index (χ3n) is 2.57. The minimum Gasteiger partial charge on any atom is -0.382 e. The number of hydrogen-bond donors (Lipinski definition) is 1. The molecule has 0 aromatic rings. The van der Waals surface area contributed by atoms with E-state index in [1.54, 1.807) is 7.11 Å². The molecule has 110 valence electrons. The summed E-state index contributed by atoms with van der Waals surface area (Å²) in [7, 11) is 1.68. The van der Waals surface area contributed by atoms with Gasteiger partial charge in [0.05, 0.1) is 19.8 Å². The van der Waals surface area contributed by atoms with E-state index in [1.165, 1.54) is 12.8 Å². The molecule has 0 atom stereocenters. The summed E-state index contributed by atoms with van der Waals surface area (Å²) in [5, 5.41) is 3.39. The van der Waals surface area contributed by atoms with Crippen LogP contribution >= 0.6 is 0 Å². The smallest absolute Gasteiger partial charge is 0.0700 e. The van der Waals surface area contributed by atoms with E-state index in [-0.39, 0.29) is 0 Å². The van der Waals surface area contributed by atoms with Gasteiger partial charge in [0.2, 0.25) is 0 Å². The van der Waals surface area contributed by atoms with Gasteiger partial charge < -0.3 is 19.5 Å². The fraction of sp³-hybridized carbons (Fsp3) is 1.00. The predicted octanol–water partition coefficient (Wildman–Crippen LogP) is 2.08. The SMILES string of the molecule is COCCOCCCOCCNCCCC(C)C. The lowest BCUT2D eigenvalue weighted by molar-refractivity contribution is 0.0518. The lowest BCUT2D eigenvalue weighted by atomic mass is 10.1. The number of ether oxygens (including phenoxy) is 3. The van der Waals surface area contributed by atoms with E-state index in [1.807, 2.05) is 0 Å². The number of hydrogen-bond acceptors (Lipinski definition) is 4. The van der Waals surface area contributed by atoms with E-state index < -0.39 is 0 Å². The second kappa shape index (κ2) is 14.9. The molecule has 0 amide bonds. The molecule has 1 N–H and O–H groups in total. The van der Waals surface area contributed by atoms with E-state index >= 15 is 0 Å². The van der Waals surface area contributed by atoms with Crippen molar-refractivity contribution in [1.29, 1.82) is 0 Å². The first kappa shape index (κ1) is 17.8. The van der Waals surface area contributed by atoms with E-state index in [4.69, 9.17) is 14.2 Å². The quantitative estimate of drug-likeness (QED) is 0.486. The molecule has 0 spiro atoms. The molecule has 0 saturated heterocycles. The first-order valence-electron chi connectivity index (χ1n) is 7.12. The third-order valence-corrected chi connectivity index (χ3v) is 2.57. The van der Waals surface area contributed by atoms with Crippen molar-refractivity contribution >= 4 is 0 Å². The summed E-state index contributed by atoms with van der Waals surface area (Å²) < 4.78 is 15.7. The summed E-state index contributed by atoms with van der Waals surface area (Å²) >= 11 is 0. The zero-order valence-electron chi connectivity index (χ0n) is 12.4. The molecule has 0 bridgehead atoms. The zero-order chi connectivity index (χ0) is 13.5. The molecule has 0 fully saturated rings. The van der Waals surface area contributed by atoms with Crippen LogP contribution in [0.2, 0.25) is 0 Å². The van der Waals surface area contributed by atoms with E-state index in [9.17, 15) is 0 Å². The Morgan fingerprint density at radius 1 is 0.833 bits per heavy atom. The minimum absolute atomic E-state index is 0.668. The molecule has 0 radical (unpaired) electrons. The first-order valence-corrected chi connectivity index (χ1v) is 7.12. The molecule has 0 heterocycles. The van der Waals surface area contributed by atoms with Gasteiger partial charge in [-0.15, -0.1) is 0 Å². The summed E-state index contributed by atoms with van der Waals surface area (Å²) in [6, 6.07) is 0. The Kier molecular flexibility index (Phi) is 14.8. The van der Waals surface area contributed by atoms with Gasteiger partial charge in [0, 0.05) is 26.9 Å². The lowest BCUT2D eigenvalue weighted by Crippen LogP contribution is -2.21. The van der Waals surface area contributed by atoms with Crippen molar-refractivity contribution in [3.05, 3.63) is 0 Å². The second-order valence-corrected chi connectivity index (χ2v) is 4.86. The average molecular weight is 261 g/mol. The monoisotopic (exact) mass is 261 g/mol. The van der Waals surface area contributed by atoms with Crippen molar-refractivity contribution < 1.29 is 14.2 Å². The standard InChI is InChI=1S/C14H31NO3/c1-14(2)6-4-7-15-8-11-17-9-5-10-18-13-12-16-3/h14-15H,4-13H2,1-3H3. The molecule has 0 unspecified atom stereocenters. The van der Waals surface area contributed by atoms with Crippen LogP contribution in [-0.4, -0.2) is 53.2 Å². The molecule has 4 heteroatoms. The number of nitrogens with one attached hydrogen (secondary N) is 1. The van der Waals surface area contributed by atoms with Gasteiger partial charge >= 0.3 is 0 Å².